The summed E-state index contributed by atoms with van der Waals surface area (Å²) in [4.78, 5) is 162. The number of hydrogen-bond acceptors (Lipinski definition) is 31. The molecule has 0 unspecified atom stereocenters. The molecule has 46 heteroatoms. The number of aliphatic hydroxyl groups excluding tert-OH is 4. The van der Waals surface area contributed by atoms with Crippen molar-refractivity contribution in [3.63, 3.8) is 0 Å². The number of aliphatic hydroxyl groups is 7. The number of carbonyl (C=O) groups excluding carboxylic acids is 11. The van der Waals surface area contributed by atoms with E-state index in [-0.39, 0.29) is 56.6 Å². The first kappa shape index (κ1) is 111. The van der Waals surface area contributed by atoms with Gasteiger partial charge in [0, 0.05) is 55.6 Å². The average Bonchev–Trinajstić information content (AvgIpc) is 1.50. The number of esters is 3. The van der Waals surface area contributed by atoms with Gasteiger partial charge in [0.15, 0.2) is 101 Å². The highest BCUT2D eigenvalue weighted by atomic mass is 127. The Morgan fingerprint density at radius 3 is 1.23 bits per heavy atom. The lowest BCUT2D eigenvalue weighted by Gasteiger charge is -2.38. The van der Waals surface area contributed by atoms with Crippen molar-refractivity contribution in [3.8, 4) is 5.75 Å². The molecule has 5 fully saturated rings. The predicted octanol–water partition coefficient (Wildman–Crippen LogP) is 6.88. The summed E-state index contributed by atoms with van der Waals surface area (Å²) < 4.78 is 144. The van der Waals surface area contributed by atoms with Crippen LogP contribution in [0.25, 0.3) is 0 Å². The molecule has 3 aromatic carbocycles. The molecule has 0 saturated carbocycles. The van der Waals surface area contributed by atoms with Crippen molar-refractivity contribution >= 4 is 118 Å². The summed E-state index contributed by atoms with van der Waals surface area (Å²) in [7, 11) is -4.60. The number of ether oxygens (including phenoxy) is 8. The van der Waals surface area contributed by atoms with Crippen LogP contribution in [0.4, 0.5) is 22.0 Å². The lowest BCUT2D eigenvalue weighted by atomic mass is 9.83. The number of nitrogens with one attached hydrogen (secondary N) is 2. The number of aromatic amines is 1. The van der Waals surface area contributed by atoms with Crippen LogP contribution in [-0.4, -0.2) is 264 Å². The van der Waals surface area contributed by atoms with E-state index in [0.717, 1.165) is 74.6 Å². The summed E-state index contributed by atoms with van der Waals surface area (Å²) in [6.45, 7) is 23.5. The molecule has 38 nitrogen and oxygen atoms in total. The largest absolute Gasteiger partial charge is 0.462 e. The fourth-order valence-corrected chi connectivity index (χ4v) is 18.3. The number of carbonyl (C=O) groups is 11. The Morgan fingerprint density at radius 2 is 0.863 bits per heavy atom. The maximum absolute atomic E-state index is 16.1. The summed E-state index contributed by atoms with van der Waals surface area (Å²) in [6.07, 6.45) is -1.19. The Morgan fingerprint density at radius 1 is 0.518 bits per heavy atom. The number of H-pyrrole nitrogens is 1. The molecule has 0 bridgehead atoms. The van der Waals surface area contributed by atoms with Gasteiger partial charge >= 0.3 is 31.3 Å². The number of aromatic nitrogens is 2. The van der Waals surface area contributed by atoms with E-state index in [2.05, 4.69) is 66.6 Å². The number of benzene rings is 3. The lowest BCUT2D eigenvalue weighted by Crippen LogP contribution is -2.55. The summed E-state index contributed by atoms with van der Waals surface area (Å²) in [5, 5.41) is 74.2. The van der Waals surface area contributed by atoms with E-state index in [1.54, 1.807) is 129 Å². The molecule has 9 N–H and O–H groups in total. The number of alkyl halides is 7. The molecule has 5 saturated heterocycles. The zero-order valence-electron chi connectivity index (χ0n) is 74.9. The Hall–Kier alpha value is -11.6. The normalized spacial score (nSPS) is 32.6. The van der Waals surface area contributed by atoms with E-state index in [4.69, 9.17) is 52.0 Å². The third-order valence-electron chi connectivity index (χ3n) is 22.7. The molecule has 4 aromatic rings. The number of ketones is 4. The minimum absolute atomic E-state index is 0.0299. The van der Waals surface area contributed by atoms with Crippen molar-refractivity contribution in [2.75, 3.05) is 22.1 Å². The zero-order valence-corrected chi connectivity index (χ0v) is 80.1. The molecule has 13 rings (SSSR count). The van der Waals surface area contributed by atoms with Crippen molar-refractivity contribution in [3.05, 3.63) is 276 Å². The Bertz CT molecular complexity index is 5690. The molecule has 9 aliphatic heterocycles. The minimum Gasteiger partial charge on any atom is -0.462 e. The summed E-state index contributed by atoms with van der Waals surface area (Å²) >= 11 is 3.49. The molecule has 0 radical (unpaired) electrons. The van der Waals surface area contributed by atoms with Gasteiger partial charge in [0.25, 0.3) is 17.3 Å². The monoisotopic (exact) mass is 2190 g/mol. The fraction of sp³-hybridized carbons (Fsp3) is 0.398. The van der Waals surface area contributed by atoms with E-state index < -0.39 is 229 Å². The maximum Gasteiger partial charge on any atom is 0.459 e. The number of rotatable bonds is 27. The molecule has 0 aliphatic carbocycles. The van der Waals surface area contributed by atoms with E-state index in [1.165, 1.54) is 62.7 Å². The molecule has 1 aromatic heterocycles. The van der Waals surface area contributed by atoms with Gasteiger partial charge in [-0.2, -0.15) is 5.09 Å². The minimum atomic E-state index is -4.60. The van der Waals surface area contributed by atoms with E-state index >= 15 is 13.2 Å². The fourth-order valence-electron chi connectivity index (χ4n) is 15.3. The molecule has 10 heterocycles. The van der Waals surface area contributed by atoms with Gasteiger partial charge in [-0.25, -0.2) is 40.9 Å². The van der Waals surface area contributed by atoms with Crippen LogP contribution < -0.4 is 20.9 Å². The molecule has 22 atom stereocenters. The first-order valence-corrected chi connectivity index (χ1v) is 46.5. The molecule has 744 valence electrons. The van der Waals surface area contributed by atoms with Crippen LogP contribution in [0.5, 0.6) is 5.75 Å². The van der Waals surface area contributed by atoms with Crippen LogP contribution in [0.1, 0.15) is 101 Å². The van der Waals surface area contributed by atoms with Gasteiger partial charge in [-0.1, -0.05) is 153 Å². The second-order valence-corrected chi connectivity index (χ2v) is 35.6. The third kappa shape index (κ3) is 23.7. The predicted molar refractivity (Wildman–Crippen MR) is 491 cm³/mol. The third-order valence-corrected chi connectivity index (χ3v) is 26.4. The maximum atomic E-state index is 16.1. The zero-order chi connectivity index (χ0) is 103. The van der Waals surface area contributed by atoms with Gasteiger partial charge in [0.05, 0.1) is 63.6 Å². The number of nitrogens with zero attached hydrogens (tertiary/aromatic N) is 5. The molecule has 4 amide bonds. The highest BCUT2D eigenvalue weighted by molar-refractivity contribution is 14.1. The Labute approximate surface area is 817 Å². The molecule has 0 spiro atoms. The van der Waals surface area contributed by atoms with Crippen LogP contribution in [0, 0.1) is 11.8 Å². The molecule has 139 heavy (non-hydrogen) atoms. The van der Waals surface area contributed by atoms with Crippen LogP contribution >= 0.6 is 52.9 Å². The second kappa shape index (κ2) is 45.4. The van der Waals surface area contributed by atoms with Crippen molar-refractivity contribution in [1.82, 2.24) is 34.2 Å². The number of halogens is 7. The van der Waals surface area contributed by atoms with Gasteiger partial charge < -0.3 is 78.2 Å². The molecular weight excluding hydrogens is 2090 g/mol. The SMILES string of the molecule is C=C=C[C@]1(O)[C@H](N2C=CC(=O)CC2=O)O[C@](F)(CI)[C@H]1O.C=C=C[C@]1(O)[C@H](N2C=CC(=O)CC2=O)O[C@](F)(CO)[C@H]1O.C=C=C[C@]1(O)[C@H](n2ccc(=O)[nH]c2=O)O[C@](F)(CO[P@@](=O)(N[C@@H](C)C(=O)OC(C)C)Oc2ccccc2)[C@H]1O.C=C=C[C@]1(OC(=O)c2ccccc2)[C@H](N2C=CC(=O)CC2=O)O[C@](F)(CC)[C@H]1C.C=C=C[C@]1(OC(=O)c2ccccc2)[C@H](N2C=CC(=O)CC2=O)O[C@](F)(CI)[C@H]1C. The van der Waals surface area contributed by atoms with Gasteiger partial charge in [0.1, 0.15) is 25.0 Å². The highest BCUT2D eigenvalue weighted by Gasteiger charge is 2.71. The van der Waals surface area contributed by atoms with Crippen LogP contribution in [0.2, 0.25) is 0 Å². The van der Waals surface area contributed by atoms with Gasteiger partial charge in [-0.05, 0) is 99.7 Å². The number of para-hydroxylation sites is 1. The van der Waals surface area contributed by atoms with E-state index in [0.29, 0.717) is 4.57 Å². The van der Waals surface area contributed by atoms with E-state index in [1.807, 2.05) is 27.6 Å². The average molecular weight is 2190 g/mol. The quantitative estimate of drug-likeness (QED) is 0.00429. The van der Waals surface area contributed by atoms with Crippen LogP contribution in [0.15, 0.2) is 254 Å². The lowest BCUT2D eigenvalue weighted by molar-refractivity contribution is -0.213. The number of amides is 4. The summed E-state index contributed by atoms with van der Waals surface area (Å²) in [6, 6.07) is 23.7. The standard InChI is InChI=1S/C24H29FN3O10P.C22H22FNO5.C21H19FINO5.C13H13FINO5.C13H14FNO6/c1-5-12-23(33)20(31)24(25,37-21(23)28-13-11-18(29)26-22(28)32)14-35-39(34,38-17-9-7-6-8-10-17)27-16(4)19(30)36-15(2)3;1-4-12-21(28-19(27)16-9-7-6-8-10-16)15(3)22(23,5-2)29-20(21)24-13-11-17(25)14-18(24)26;1-3-10-20(28-18(27)15-7-5-4-6-8-15)14(2)21(22,13-23)29-19(20)24-11-9-16(25)12-17(24)26;1-2-4-12(20)10(19)13(14,7-15)21-11(12)16-5-3-8(17)6-9(16)18;1-2-4-12(20)10(19)13(14,7-16)21-11(12)15-5-3-8(17)6-9(15)18/h6-13,15-16,20-21,31,33H,1,14H2,2-4H3,(H,27,34)(H,26,29,32);6-13,15,20H,1,5,14H2,2-3H3;4-11,14,19H,1,12-13H2,2H3;3-5,10-11,19-20H,1,6-7H2;3-5,10-11,16,19-20H,1,6-7H2/t16-,20-,21+,23+,24+,39-;15-,20+,21+,22+;14-,19+,20+,21+;2*10-,11+,12+,13+/m00000/s1. The first-order valence-electron chi connectivity index (χ1n) is 41.9. The van der Waals surface area contributed by atoms with Gasteiger partial charge in [-0.3, -0.25) is 81.6 Å². The second-order valence-electron chi connectivity index (χ2n) is 32.4. The smallest absolute Gasteiger partial charge is 0.459 e. The summed E-state index contributed by atoms with van der Waals surface area (Å²) in [5.41, 5.74) is -0.175. The Balaban J connectivity index is 0.000000198. The number of allylic oxidation sites excluding steroid dienone is 4. The Kier molecular flexibility index (Phi) is 36.2. The van der Waals surface area contributed by atoms with E-state index in [9.17, 15) is 106 Å². The summed E-state index contributed by atoms with van der Waals surface area (Å²) in [5.74, 6) is -21.5. The van der Waals surface area contributed by atoms with Crippen molar-refractivity contribution < 1.29 is 162 Å². The van der Waals surface area contributed by atoms with Crippen molar-refractivity contribution in [2.24, 2.45) is 11.8 Å². The molecular formula is C93H97F5I2N7O31P. The highest BCUT2D eigenvalue weighted by Crippen LogP contribution is 2.55. The van der Waals surface area contributed by atoms with Gasteiger partial charge in [0.2, 0.25) is 41.2 Å². The number of hydrogen-bond donors (Lipinski definition) is 9. The first-order chi connectivity index (χ1) is 65.3. The van der Waals surface area contributed by atoms with Crippen LogP contribution in [0.3, 0.4) is 0 Å². The van der Waals surface area contributed by atoms with Crippen molar-refractivity contribution in [1.29, 1.82) is 0 Å². The molecule has 9 aliphatic rings. The van der Waals surface area contributed by atoms with Crippen LogP contribution in [-0.2, 0) is 90.1 Å². The van der Waals surface area contributed by atoms with Crippen molar-refractivity contribution in [2.45, 2.75) is 193 Å². The van der Waals surface area contributed by atoms with Gasteiger partial charge in [-0.15, -0.1) is 28.7 Å². The topological polar surface area (TPSA) is 519 Å².